The molecule has 0 radical (unpaired) electrons. The third-order valence-corrected chi connectivity index (χ3v) is 8.28. The number of nitrogen functional groups attached to an aromatic ring is 1. The molecule has 3 aromatic rings. The van der Waals surface area contributed by atoms with E-state index in [2.05, 4.69) is 31.0 Å². The smallest absolute Gasteiger partial charge is 0.362 e. The topological polar surface area (TPSA) is 248 Å². The fourth-order valence-corrected chi connectivity index (χ4v) is 5.72. The summed E-state index contributed by atoms with van der Waals surface area (Å²) >= 11 is 0.978. The van der Waals surface area contributed by atoms with Gasteiger partial charge in [0.05, 0.1) is 18.4 Å². The van der Waals surface area contributed by atoms with Crippen LogP contribution in [0.15, 0.2) is 41.3 Å². The molecule has 1 saturated heterocycles. The first-order valence-electron chi connectivity index (χ1n) is 12.7. The number of amides is 2. The van der Waals surface area contributed by atoms with Crippen LogP contribution in [0.3, 0.4) is 0 Å². The molecule has 2 fully saturated rings. The van der Waals surface area contributed by atoms with Crippen molar-refractivity contribution in [3.8, 4) is 0 Å². The summed E-state index contributed by atoms with van der Waals surface area (Å²) in [5.74, 6) is -3.40. The highest BCUT2D eigenvalue weighted by molar-refractivity contribution is 7.84. The molecule has 228 valence electrons. The van der Waals surface area contributed by atoms with Gasteiger partial charge in [-0.3, -0.25) is 14.1 Å². The van der Waals surface area contributed by atoms with E-state index in [0.717, 1.165) is 21.7 Å². The molecule has 4 heterocycles. The van der Waals surface area contributed by atoms with E-state index in [-0.39, 0.29) is 34.5 Å². The zero-order valence-electron chi connectivity index (χ0n) is 22.5. The van der Waals surface area contributed by atoms with Crippen molar-refractivity contribution in [3.05, 3.63) is 53.1 Å². The van der Waals surface area contributed by atoms with Crippen molar-refractivity contribution < 1.29 is 41.9 Å². The third-order valence-electron chi connectivity index (χ3n) is 6.66. The van der Waals surface area contributed by atoms with Crippen LogP contribution in [0.5, 0.6) is 0 Å². The molecule has 2 atom stereocenters. The number of pyridine rings is 1. The Balaban J connectivity index is 1.29. The number of hydrogen-bond acceptors (Lipinski definition) is 13. The van der Waals surface area contributed by atoms with Crippen molar-refractivity contribution in [2.75, 3.05) is 5.73 Å². The number of β-lactam (4-membered cyclic amide) rings is 1. The predicted octanol–water partition coefficient (Wildman–Crippen LogP) is -2.03. The number of thiazole rings is 1. The Bertz CT molecular complexity index is 1700. The van der Waals surface area contributed by atoms with E-state index in [0.29, 0.717) is 18.8 Å². The summed E-state index contributed by atoms with van der Waals surface area (Å²) in [5, 5.41) is 28.5. The van der Waals surface area contributed by atoms with Gasteiger partial charge in [-0.1, -0.05) is 5.16 Å². The van der Waals surface area contributed by atoms with Crippen molar-refractivity contribution in [2.45, 2.75) is 50.2 Å². The standard InChI is InChI=1S/C23H26N10O8S2/c1-31-6-2-3-13(10-31)7-25-8-14-9-26-32(29-14)11-16-18(20(35)33(16)43(38,39)40)28-19(34)17(15-12-42-22(24)27-15)30-41-23(4-5-23)21(36)37/h2-3,6,9-10,12,16,18,25H,4-5,7-8,11H2,1H3,(H4-,24,27,28,34,36,37,38,39,40)/p+1/t16-,18+/m1/s1. The number of rotatable bonds is 13. The Morgan fingerprint density at radius 1 is 1.35 bits per heavy atom. The average molecular weight is 636 g/mol. The number of nitrogens with zero attached hydrogens (tertiary/aromatic N) is 7. The fraction of sp³-hybridized carbons (Fsp3) is 0.391. The number of carboxylic acid groups (broad SMARTS) is 1. The van der Waals surface area contributed by atoms with Crippen LogP contribution in [0, 0.1) is 0 Å². The van der Waals surface area contributed by atoms with Crippen LogP contribution in [0.2, 0.25) is 0 Å². The zero-order valence-corrected chi connectivity index (χ0v) is 24.2. The Morgan fingerprint density at radius 3 is 2.74 bits per heavy atom. The number of oxime groups is 1. The Labute approximate surface area is 248 Å². The maximum Gasteiger partial charge on any atom is 0.362 e. The molecule has 1 aliphatic heterocycles. The van der Waals surface area contributed by atoms with Crippen molar-refractivity contribution in [1.82, 2.24) is 34.9 Å². The van der Waals surface area contributed by atoms with Crippen LogP contribution in [-0.4, -0.2) is 83.5 Å². The number of hydrogen-bond donors (Lipinski definition) is 5. The minimum Gasteiger partial charge on any atom is -0.478 e. The van der Waals surface area contributed by atoms with E-state index >= 15 is 0 Å². The van der Waals surface area contributed by atoms with Gasteiger partial charge in [0.2, 0.25) is 5.60 Å². The van der Waals surface area contributed by atoms with Crippen LogP contribution in [0.25, 0.3) is 0 Å². The van der Waals surface area contributed by atoms with Gasteiger partial charge in [-0.2, -0.15) is 23.4 Å². The number of anilines is 1. The highest BCUT2D eigenvalue weighted by Gasteiger charge is 2.56. The molecule has 0 unspecified atom stereocenters. The number of nitrogens with one attached hydrogen (secondary N) is 2. The Morgan fingerprint density at radius 2 is 2.12 bits per heavy atom. The number of aliphatic carboxylic acids is 1. The molecule has 0 bridgehead atoms. The quantitative estimate of drug-likeness (QED) is 0.0447. The molecule has 3 aromatic heterocycles. The van der Waals surface area contributed by atoms with Crippen LogP contribution < -0.4 is 20.9 Å². The summed E-state index contributed by atoms with van der Waals surface area (Å²) in [6.45, 7) is 0.577. The molecular weight excluding hydrogens is 608 g/mol. The summed E-state index contributed by atoms with van der Waals surface area (Å²) in [5.41, 5.74) is 5.12. The SMILES string of the molecule is C[n+]1cccc(CNCc2cnn(C[C@@H]3[C@H](NC(=O)C(=NOC4(C(=O)O)CC4)c4csc(N)n4)C(=O)N3S(=O)(=O)O)n2)c1. The van der Waals surface area contributed by atoms with Crippen LogP contribution in [0.1, 0.15) is 29.8 Å². The largest absolute Gasteiger partial charge is 0.478 e. The van der Waals surface area contributed by atoms with Gasteiger partial charge < -0.3 is 26.3 Å². The molecule has 2 amide bonds. The maximum absolute atomic E-state index is 13.2. The van der Waals surface area contributed by atoms with E-state index in [9.17, 15) is 32.5 Å². The minimum absolute atomic E-state index is 0.0497. The zero-order chi connectivity index (χ0) is 30.9. The van der Waals surface area contributed by atoms with Crippen LogP contribution in [0.4, 0.5) is 5.13 Å². The molecule has 2 aliphatic rings. The highest BCUT2D eigenvalue weighted by Crippen LogP contribution is 2.40. The number of nitrogens with two attached hydrogens (primary N) is 1. The summed E-state index contributed by atoms with van der Waals surface area (Å²) in [6, 6.07) is 1.12. The lowest BCUT2D eigenvalue weighted by molar-refractivity contribution is -0.671. The lowest BCUT2D eigenvalue weighted by atomic mass is 9.98. The number of carbonyl (C=O) groups is 3. The van der Waals surface area contributed by atoms with E-state index in [4.69, 9.17) is 10.6 Å². The second kappa shape index (κ2) is 11.6. The molecule has 1 saturated carbocycles. The Kier molecular flexibility index (Phi) is 8.10. The maximum atomic E-state index is 13.2. The minimum atomic E-state index is -4.99. The van der Waals surface area contributed by atoms with Crippen LogP contribution >= 0.6 is 11.3 Å². The lowest BCUT2D eigenvalue weighted by Gasteiger charge is -2.43. The first kappa shape index (κ1) is 29.9. The van der Waals surface area contributed by atoms with E-state index in [1.807, 2.05) is 36.1 Å². The van der Waals surface area contributed by atoms with Crippen LogP contribution in [-0.2, 0) is 56.2 Å². The summed E-state index contributed by atoms with van der Waals surface area (Å²) in [4.78, 5) is 47.8. The molecule has 43 heavy (non-hydrogen) atoms. The summed E-state index contributed by atoms with van der Waals surface area (Å²) < 4.78 is 35.7. The molecule has 1 aliphatic carbocycles. The van der Waals surface area contributed by atoms with Gasteiger partial charge in [0.25, 0.3) is 11.8 Å². The second-order valence-corrected chi connectivity index (χ2v) is 12.1. The van der Waals surface area contributed by atoms with Gasteiger partial charge in [-0.25, -0.2) is 18.7 Å². The van der Waals surface area contributed by atoms with Crippen molar-refractivity contribution in [1.29, 1.82) is 0 Å². The lowest BCUT2D eigenvalue weighted by Crippen LogP contribution is -2.73. The predicted molar refractivity (Wildman–Crippen MR) is 146 cm³/mol. The van der Waals surface area contributed by atoms with Gasteiger partial charge in [-0.15, -0.1) is 11.3 Å². The highest BCUT2D eigenvalue weighted by atomic mass is 32.2. The normalized spacial score (nSPS) is 19.5. The van der Waals surface area contributed by atoms with E-state index in [1.165, 1.54) is 11.6 Å². The number of carboxylic acids is 1. The van der Waals surface area contributed by atoms with E-state index in [1.54, 1.807) is 0 Å². The fourth-order valence-electron chi connectivity index (χ4n) is 4.30. The monoisotopic (exact) mass is 635 g/mol. The van der Waals surface area contributed by atoms with E-state index < -0.39 is 51.5 Å². The molecular formula is C23H27N10O8S2+. The van der Waals surface area contributed by atoms with Crippen molar-refractivity contribution >= 4 is 50.3 Å². The van der Waals surface area contributed by atoms with Gasteiger partial charge in [0.1, 0.15) is 24.8 Å². The van der Waals surface area contributed by atoms with Crippen molar-refractivity contribution in [3.63, 3.8) is 0 Å². The van der Waals surface area contributed by atoms with Gasteiger partial charge in [0.15, 0.2) is 23.2 Å². The molecule has 20 heteroatoms. The molecule has 0 spiro atoms. The second-order valence-electron chi connectivity index (χ2n) is 9.90. The number of aromatic nitrogens is 5. The number of aryl methyl sites for hydroxylation is 1. The van der Waals surface area contributed by atoms with Gasteiger partial charge in [-0.05, 0) is 6.07 Å². The first-order valence-corrected chi connectivity index (χ1v) is 15.0. The molecule has 6 N–H and O–H groups in total. The third kappa shape index (κ3) is 6.61. The average Bonchev–Trinajstić information content (AvgIpc) is 3.40. The summed E-state index contributed by atoms with van der Waals surface area (Å²) in [7, 11) is -3.09. The Hall–Kier alpha value is -4.53. The molecule has 18 nitrogen and oxygen atoms in total. The van der Waals surface area contributed by atoms with Gasteiger partial charge in [0, 0.05) is 42.9 Å². The molecule has 0 aromatic carbocycles. The number of carbonyl (C=O) groups excluding carboxylic acids is 2. The molecule has 5 rings (SSSR count). The summed E-state index contributed by atoms with van der Waals surface area (Å²) in [6.07, 6.45) is 5.66. The van der Waals surface area contributed by atoms with Crippen molar-refractivity contribution in [2.24, 2.45) is 12.2 Å². The van der Waals surface area contributed by atoms with Gasteiger partial charge >= 0.3 is 16.3 Å². The first-order chi connectivity index (χ1) is 20.4.